The monoisotopic (exact) mass is 343 g/mol. The molecule has 2 heterocycles. The van der Waals surface area contributed by atoms with Crippen molar-refractivity contribution >= 4 is 34.7 Å². The van der Waals surface area contributed by atoms with Gasteiger partial charge in [0.1, 0.15) is 5.03 Å². The van der Waals surface area contributed by atoms with Crippen LogP contribution in [0.25, 0.3) is 5.57 Å². The first-order chi connectivity index (χ1) is 11.5. The van der Waals surface area contributed by atoms with Crippen molar-refractivity contribution in [1.29, 1.82) is 0 Å². The smallest absolute Gasteiger partial charge is 0.269 e. The number of nitro benzene ring substituents is 1. The molecule has 24 heavy (non-hydrogen) atoms. The number of hydrogen-bond donors (Lipinski definition) is 0. The van der Waals surface area contributed by atoms with Gasteiger partial charge in [0.15, 0.2) is 0 Å². The summed E-state index contributed by atoms with van der Waals surface area (Å²) in [5.41, 5.74) is 1.04. The SMILES string of the molecule is O=C1C(Cl)=C(c2ccc([N+](=O)[O-])cc2)C(=O)N1Cc1ccncc1. The topological polar surface area (TPSA) is 93.4 Å². The summed E-state index contributed by atoms with van der Waals surface area (Å²) in [5.74, 6) is -1.12. The van der Waals surface area contributed by atoms with Crippen molar-refractivity contribution in [2.75, 3.05) is 0 Å². The van der Waals surface area contributed by atoms with Gasteiger partial charge >= 0.3 is 0 Å². The molecule has 1 aliphatic rings. The Hall–Kier alpha value is -3.06. The Morgan fingerprint density at radius 2 is 1.67 bits per heavy atom. The molecule has 3 rings (SSSR count). The van der Waals surface area contributed by atoms with Crippen LogP contribution in [0.5, 0.6) is 0 Å². The number of pyridine rings is 1. The minimum Gasteiger partial charge on any atom is -0.269 e. The maximum Gasteiger partial charge on any atom is 0.273 e. The fourth-order valence-corrected chi connectivity index (χ4v) is 2.65. The first-order valence-electron chi connectivity index (χ1n) is 6.88. The molecule has 0 radical (unpaired) electrons. The molecule has 7 nitrogen and oxygen atoms in total. The van der Waals surface area contributed by atoms with Gasteiger partial charge < -0.3 is 0 Å². The molecule has 0 fully saturated rings. The molecule has 8 heteroatoms. The zero-order valence-corrected chi connectivity index (χ0v) is 12.9. The van der Waals surface area contributed by atoms with Gasteiger partial charge in [0, 0.05) is 24.5 Å². The number of amides is 2. The summed E-state index contributed by atoms with van der Waals surface area (Å²) in [4.78, 5) is 39.9. The maximum atomic E-state index is 12.6. The van der Waals surface area contributed by atoms with E-state index in [-0.39, 0.29) is 22.8 Å². The molecule has 0 saturated heterocycles. The van der Waals surface area contributed by atoms with Crippen molar-refractivity contribution in [3.63, 3.8) is 0 Å². The van der Waals surface area contributed by atoms with Gasteiger partial charge in [-0.05, 0) is 35.4 Å². The van der Waals surface area contributed by atoms with Gasteiger partial charge in [0.05, 0.1) is 17.0 Å². The Morgan fingerprint density at radius 3 is 2.25 bits per heavy atom. The molecule has 1 aliphatic heterocycles. The number of non-ortho nitro benzene ring substituents is 1. The Balaban J connectivity index is 1.90. The number of nitro groups is 1. The normalized spacial score (nSPS) is 14.5. The van der Waals surface area contributed by atoms with Gasteiger partial charge in [-0.15, -0.1) is 0 Å². The van der Waals surface area contributed by atoms with Crippen LogP contribution in [0.2, 0.25) is 0 Å². The molecule has 2 aromatic rings. The van der Waals surface area contributed by atoms with Crippen LogP contribution < -0.4 is 0 Å². The number of halogens is 1. The average Bonchev–Trinajstić information content (AvgIpc) is 2.79. The van der Waals surface area contributed by atoms with Crippen molar-refractivity contribution in [2.45, 2.75) is 6.54 Å². The van der Waals surface area contributed by atoms with E-state index < -0.39 is 16.7 Å². The van der Waals surface area contributed by atoms with Crippen molar-refractivity contribution in [3.8, 4) is 0 Å². The molecule has 0 bridgehead atoms. The predicted octanol–water partition coefficient (Wildman–Crippen LogP) is 2.51. The molecule has 1 aromatic carbocycles. The third-order valence-corrected chi connectivity index (χ3v) is 3.92. The number of carbonyl (C=O) groups excluding carboxylic acids is 2. The number of nitrogens with zero attached hydrogens (tertiary/aromatic N) is 3. The van der Waals surface area contributed by atoms with Crippen molar-refractivity contribution in [2.24, 2.45) is 0 Å². The van der Waals surface area contributed by atoms with E-state index in [1.807, 2.05) is 0 Å². The summed E-state index contributed by atoms with van der Waals surface area (Å²) in [6, 6.07) is 8.70. The molecule has 0 atom stereocenters. The lowest BCUT2D eigenvalue weighted by atomic mass is 10.1. The van der Waals surface area contributed by atoms with Crippen LogP contribution in [0.15, 0.2) is 53.8 Å². The molecule has 0 unspecified atom stereocenters. The minimum absolute atomic E-state index is 0.0469. The predicted molar refractivity (Wildman–Crippen MR) is 85.7 cm³/mol. The van der Waals surface area contributed by atoms with Gasteiger partial charge in [0.25, 0.3) is 17.5 Å². The lowest BCUT2D eigenvalue weighted by Crippen LogP contribution is -2.30. The summed E-state index contributed by atoms with van der Waals surface area (Å²) in [7, 11) is 0. The second-order valence-electron chi connectivity index (χ2n) is 5.04. The first-order valence-corrected chi connectivity index (χ1v) is 7.26. The first kappa shape index (κ1) is 15.8. The molecule has 0 aliphatic carbocycles. The van der Waals surface area contributed by atoms with Crippen molar-refractivity contribution < 1.29 is 14.5 Å². The lowest BCUT2D eigenvalue weighted by Gasteiger charge is -2.14. The number of benzene rings is 1. The lowest BCUT2D eigenvalue weighted by molar-refractivity contribution is -0.384. The van der Waals surface area contributed by atoms with E-state index in [9.17, 15) is 19.7 Å². The number of hydrogen-bond acceptors (Lipinski definition) is 5. The molecule has 0 spiro atoms. The van der Waals surface area contributed by atoms with E-state index in [0.717, 1.165) is 10.5 Å². The van der Waals surface area contributed by atoms with Crippen molar-refractivity contribution in [3.05, 3.63) is 75.1 Å². The van der Waals surface area contributed by atoms with Gasteiger partial charge in [-0.3, -0.25) is 29.6 Å². The van der Waals surface area contributed by atoms with E-state index in [4.69, 9.17) is 11.6 Å². The Labute approximate surface area is 141 Å². The molecule has 0 N–H and O–H groups in total. The highest BCUT2D eigenvalue weighted by Crippen LogP contribution is 2.33. The molecule has 0 saturated carbocycles. The third kappa shape index (κ3) is 2.77. The van der Waals surface area contributed by atoms with Gasteiger partial charge in [-0.1, -0.05) is 11.6 Å². The fraction of sp³-hybridized carbons (Fsp3) is 0.0625. The number of imide groups is 1. The van der Waals surface area contributed by atoms with Crippen LogP contribution >= 0.6 is 11.6 Å². The molecule has 1 aromatic heterocycles. The summed E-state index contributed by atoms with van der Waals surface area (Å²) in [5, 5.41) is 10.5. The van der Waals surface area contributed by atoms with E-state index in [0.29, 0.717) is 5.56 Å². The molecule has 2 amide bonds. The molecular formula is C16H10ClN3O4. The summed E-state index contributed by atoms with van der Waals surface area (Å²) < 4.78 is 0. The highest BCUT2D eigenvalue weighted by atomic mass is 35.5. The van der Waals surface area contributed by atoms with Crippen LogP contribution in [-0.2, 0) is 16.1 Å². The molecular weight excluding hydrogens is 334 g/mol. The summed E-state index contributed by atoms with van der Waals surface area (Å²) in [6.45, 7) is 0.0763. The average molecular weight is 344 g/mol. The Bertz CT molecular complexity index is 863. The zero-order chi connectivity index (χ0) is 17.3. The minimum atomic E-state index is -0.591. The number of rotatable bonds is 4. The highest BCUT2D eigenvalue weighted by molar-refractivity contribution is 6.55. The van der Waals surface area contributed by atoms with Crippen LogP contribution in [0.1, 0.15) is 11.1 Å². The summed E-state index contributed by atoms with van der Waals surface area (Å²) in [6.07, 6.45) is 3.12. The largest absolute Gasteiger partial charge is 0.273 e. The van der Waals surface area contributed by atoms with Crippen LogP contribution in [0, 0.1) is 10.1 Å². The van der Waals surface area contributed by atoms with Crippen LogP contribution in [0.3, 0.4) is 0 Å². The van der Waals surface area contributed by atoms with E-state index in [1.165, 1.54) is 24.3 Å². The Morgan fingerprint density at radius 1 is 1.04 bits per heavy atom. The zero-order valence-electron chi connectivity index (χ0n) is 12.2. The van der Waals surface area contributed by atoms with Gasteiger partial charge in [0.2, 0.25) is 0 Å². The van der Waals surface area contributed by atoms with E-state index in [2.05, 4.69) is 4.98 Å². The Kier molecular flexibility index (Phi) is 4.09. The van der Waals surface area contributed by atoms with Gasteiger partial charge in [-0.2, -0.15) is 0 Å². The molecule has 120 valence electrons. The van der Waals surface area contributed by atoms with E-state index >= 15 is 0 Å². The second-order valence-corrected chi connectivity index (χ2v) is 5.42. The summed E-state index contributed by atoms with van der Waals surface area (Å²) >= 11 is 6.04. The number of carbonyl (C=O) groups is 2. The highest BCUT2D eigenvalue weighted by Gasteiger charge is 2.38. The van der Waals surface area contributed by atoms with E-state index in [1.54, 1.807) is 24.5 Å². The third-order valence-electron chi connectivity index (χ3n) is 3.57. The standard InChI is InChI=1S/C16H10ClN3O4/c17-14-13(11-1-3-12(4-2-11)20(23)24)15(21)19(16(14)22)9-10-5-7-18-8-6-10/h1-8H,9H2. The maximum absolute atomic E-state index is 12.6. The fourth-order valence-electron chi connectivity index (χ4n) is 2.36. The van der Waals surface area contributed by atoms with Crippen LogP contribution in [-0.4, -0.2) is 26.6 Å². The van der Waals surface area contributed by atoms with Gasteiger partial charge in [-0.25, -0.2) is 0 Å². The van der Waals surface area contributed by atoms with Crippen molar-refractivity contribution in [1.82, 2.24) is 9.88 Å². The quantitative estimate of drug-likeness (QED) is 0.483. The second kappa shape index (κ2) is 6.21. The number of aromatic nitrogens is 1. The van der Waals surface area contributed by atoms with Crippen LogP contribution in [0.4, 0.5) is 5.69 Å².